The van der Waals surface area contributed by atoms with Crippen molar-refractivity contribution in [3.05, 3.63) is 81.4 Å². The Kier molecular flexibility index (Phi) is 5.85. The molecule has 0 bridgehead atoms. The van der Waals surface area contributed by atoms with Gasteiger partial charge in [-0.25, -0.2) is 8.60 Å². The highest BCUT2D eigenvalue weighted by molar-refractivity contribution is 7.92. The lowest BCUT2D eigenvalue weighted by molar-refractivity contribution is 0.0886. The Bertz CT molecular complexity index is 1360. The number of nitrogens with one attached hydrogen (secondary N) is 2. The second-order valence-corrected chi connectivity index (χ2v) is 10.2. The number of hydrogen-bond donors (Lipinski definition) is 3. The topological polar surface area (TPSA) is 125 Å². The van der Waals surface area contributed by atoms with Gasteiger partial charge in [0.15, 0.2) is 0 Å². The second kappa shape index (κ2) is 8.45. The van der Waals surface area contributed by atoms with Gasteiger partial charge in [0.2, 0.25) is 0 Å². The summed E-state index contributed by atoms with van der Waals surface area (Å²) in [5.41, 5.74) is -0.166. The van der Waals surface area contributed by atoms with Crippen LogP contribution in [-0.2, 0) is 9.73 Å². The van der Waals surface area contributed by atoms with E-state index in [-0.39, 0.29) is 28.5 Å². The van der Waals surface area contributed by atoms with Gasteiger partial charge in [0, 0.05) is 20.3 Å². The highest BCUT2D eigenvalue weighted by Gasteiger charge is 2.35. The molecule has 32 heavy (non-hydrogen) atoms. The van der Waals surface area contributed by atoms with Crippen LogP contribution in [0.3, 0.4) is 0 Å². The number of aliphatic hydroxyl groups is 1. The molecule has 1 aliphatic heterocycles. The lowest BCUT2D eigenvalue weighted by atomic mass is 10.1. The van der Waals surface area contributed by atoms with Crippen molar-refractivity contribution in [3.8, 4) is 16.9 Å². The molecule has 1 unspecified atom stereocenters. The molecule has 8 nitrogen and oxygen atoms in total. The number of benzene rings is 2. The number of nitrogens with zero attached hydrogens (tertiary/aromatic N) is 2. The van der Waals surface area contributed by atoms with Crippen LogP contribution in [0.4, 0.5) is 4.39 Å². The summed E-state index contributed by atoms with van der Waals surface area (Å²) >= 11 is 5.94. The number of carbonyl (C=O) groups is 1. The Morgan fingerprint density at radius 3 is 2.56 bits per heavy atom. The summed E-state index contributed by atoms with van der Waals surface area (Å²) < 4.78 is 34.3. The molecule has 166 valence electrons. The van der Waals surface area contributed by atoms with Gasteiger partial charge < -0.3 is 10.4 Å². The van der Waals surface area contributed by atoms with Crippen molar-refractivity contribution in [1.82, 2.24) is 15.1 Å². The van der Waals surface area contributed by atoms with Gasteiger partial charge in [-0.3, -0.25) is 14.4 Å². The molecule has 11 heteroatoms. The van der Waals surface area contributed by atoms with Crippen LogP contribution in [-0.4, -0.2) is 48.7 Å². The molecule has 2 aromatic carbocycles. The average molecular weight is 477 g/mol. The van der Waals surface area contributed by atoms with Crippen LogP contribution in [0.2, 0.25) is 5.02 Å². The standard InChI is InChI=1S/C21H18ClFN4O4S/c22-13-6-4-12(5-7-13)17-9-16(20(29)25-18-10-32(24,31)11-19(18)28)21(30)27(26-17)15-3-1-2-14(23)8-15/h1-9,18-19,24,28H,10-11H2,(H,25,29)/t18-,19+,32?/m0/s1. The molecule has 1 fully saturated rings. The van der Waals surface area contributed by atoms with Crippen molar-refractivity contribution in [2.75, 3.05) is 11.5 Å². The number of amides is 1. The Balaban J connectivity index is 1.81. The molecule has 1 aromatic heterocycles. The van der Waals surface area contributed by atoms with E-state index in [4.69, 9.17) is 16.4 Å². The highest BCUT2D eigenvalue weighted by Crippen LogP contribution is 2.21. The third kappa shape index (κ3) is 4.57. The third-order valence-electron chi connectivity index (χ3n) is 5.02. The summed E-state index contributed by atoms with van der Waals surface area (Å²) in [5.74, 6) is -1.87. The fraction of sp³-hybridized carbons (Fsp3) is 0.190. The molecule has 3 atom stereocenters. The molecule has 1 saturated heterocycles. The van der Waals surface area contributed by atoms with Gasteiger partial charge in [0.1, 0.15) is 11.4 Å². The van der Waals surface area contributed by atoms with Crippen molar-refractivity contribution in [1.29, 1.82) is 4.78 Å². The summed E-state index contributed by atoms with van der Waals surface area (Å²) in [5, 5.41) is 17.3. The maximum atomic E-state index is 13.8. The molecule has 0 spiro atoms. The monoisotopic (exact) mass is 476 g/mol. The first-order valence-electron chi connectivity index (χ1n) is 9.52. The van der Waals surface area contributed by atoms with E-state index in [1.54, 1.807) is 24.3 Å². The molecule has 0 saturated carbocycles. The van der Waals surface area contributed by atoms with Crippen LogP contribution >= 0.6 is 11.6 Å². The van der Waals surface area contributed by atoms with Gasteiger partial charge in [-0.05, 0) is 36.4 Å². The van der Waals surface area contributed by atoms with Crippen LogP contribution in [0.5, 0.6) is 0 Å². The predicted molar refractivity (Wildman–Crippen MR) is 118 cm³/mol. The van der Waals surface area contributed by atoms with Crippen molar-refractivity contribution in [2.24, 2.45) is 0 Å². The highest BCUT2D eigenvalue weighted by atomic mass is 35.5. The van der Waals surface area contributed by atoms with Crippen LogP contribution in [0.25, 0.3) is 16.9 Å². The van der Waals surface area contributed by atoms with E-state index in [1.807, 2.05) is 0 Å². The van der Waals surface area contributed by atoms with Crippen molar-refractivity contribution in [3.63, 3.8) is 0 Å². The first kappa shape index (κ1) is 22.1. The van der Waals surface area contributed by atoms with Crippen LogP contribution < -0.4 is 10.9 Å². The fourth-order valence-electron chi connectivity index (χ4n) is 3.45. The molecule has 1 amide bonds. The van der Waals surface area contributed by atoms with Gasteiger partial charge in [-0.1, -0.05) is 29.8 Å². The minimum atomic E-state index is -3.01. The van der Waals surface area contributed by atoms with Crippen LogP contribution in [0.15, 0.2) is 59.4 Å². The number of rotatable bonds is 4. The number of hydrogen-bond acceptors (Lipinski definition) is 6. The largest absolute Gasteiger partial charge is 0.390 e. The molecule has 0 aliphatic carbocycles. The Hall–Kier alpha value is -3.08. The van der Waals surface area contributed by atoms with Crippen molar-refractivity contribution in [2.45, 2.75) is 12.1 Å². The first-order valence-corrected chi connectivity index (χ1v) is 11.8. The smallest absolute Gasteiger partial charge is 0.284 e. The van der Waals surface area contributed by atoms with Crippen LogP contribution in [0.1, 0.15) is 10.4 Å². The van der Waals surface area contributed by atoms with Crippen molar-refractivity contribution >= 4 is 27.2 Å². The van der Waals surface area contributed by atoms with E-state index in [9.17, 15) is 23.3 Å². The molecule has 2 heterocycles. The van der Waals surface area contributed by atoms with Gasteiger partial charge in [0.05, 0.1) is 35.0 Å². The van der Waals surface area contributed by atoms with Crippen molar-refractivity contribution < 1.29 is 18.5 Å². The molecular formula is C21H18ClFN4O4S. The minimum absolute atomic E-state index is 0.120. The van der Waals surface area contributed by atoms with Crippen LogP contribution in [0, 0.1) is 10.6 Å². The molecule has 1 aliphatic rings. The predicted octanol–water partition coefficient (Wildman–Crippen LogP) is 2.21. The molecular weight excluding hydrogens is 459 g/mol. The normalized spacial score (nSPS) is 22.6. The molecule has 4 rings (SSSR count). The van der Waals surface area contributed by atoms with E-state index in [0.29, 0.717) is 10.6 Å². The number of halogens is 2. The zero-order valence-electron chi connectivity index (χ0n) is 16.5. The average Bonchev–Trinajstić information content (AvgIpc) is 2.99. The number of carbonyl (C=O) groups excluding carboxylic acids is 1. The summed E-state index contributed by atoms with van der Waals surface area (Å²) in [6.07, 6.45) is -1.16. The first-order chi connectivity index (χ1) is 15.1. The molecule has 0 radical (unpaired) electrons. The van der Waals surface area contributed by atoms with E-state index >= 15 is 0 Å². The van der Waals surface area contributed by atoms with Gasteiger partial charge >= 0.3 is 0 Å². The maximum absolute atomic E-state index is 13.8. The SMILES string of the molecule is N=S1(=O)C[C@@H](O)[C@@H](NC(=O)c2cc(-c3ccc(Cl)cc3)nn(-c3cccc(F)c3)c2=O)C1. The minimum Gasteiger partial charge on any atom is -0.390 e. The molecule has 3 N–H and O–H groups in total. The van der Waals surface area contributed by atoms with E-state index < -0.39 is 39.2 Å². The zero-order chi connectivity index (χ0) is 23.0. The summed E-state index contributed by atoms with van der Waals surface area (Å²) in [7, 11) is -3.01. The van der Waals surface area contributed by atoms with Gasteiger partial charge in [0.25, 0.3) is 11.5 Å². The quantitative estimate of drug-likeness (QED) is 0.532. The Labute approximate surface area is 187 Å². The van der Waals surface area contributed by atoms with Gasteiger partial charge in [-0.2, -0.15) is 9.78 Å². The van der Waals surface area contributed by atoms with E-state index in [0.717, 1.165) is 10.7 Å². The summed E-state index contributed by atoms with van der Waals surface area (Å²) in [6, 6.07) is 12.1. The maximum Gasteiger partial charge on any atom is 0.284 e. The third-order valence-corrected chi connectivity index (χ3v) is 7.05. The summed E-state index contributed by atoms with van der Waals surface area (Å²) in [4.78, 5) is 26.0. The lowest BCUT2D eigenvalue weighted by Crippen LogP contribution is -2.44. The number of aromatic nitrogens is 2. The molecule has 3 aromatic rings. The second-order valence-electron chi connectivity index (χ2n) is 7.44. The lowest BCUT2D eigenvalue weighted by Gasteiger charge is -2.16. The van der Waals surface area contributed by atoms with E-state index in [1.165, 1.54) is 24.3 Å². The Morgan fingerprint density at radius 1 is 1.22 bits per heavy atom. The van der Waals surface area contributed by atoms with E-state index in [2.05, 4.69) is 10.4 Å². The summed E-state index contributed by atoms with van der Waals surface area (Å²) in [6.45, 7) is 0. The number of aliphatic hydroxyl groups excluding tert-OH is 1. The fourth-order valence-corrected chi connectivity index (χ4v) is 5.38. The zero-order valence-corrected chi connectivity index (χ0v) is 18.1. The Morgan fingerprint density at radius 2 is 1.94 bits per heavy atom. The van der Waals surface area contributed by atoms with Gasteiger partial charge in [-0.15, -0.1) is 0 Å².